The van der Waals surface area contributed by atoms with Crippen LogP contribution >= 0.6 is 0 Å². The summed E-state index contributed by atoms with van der Waals surface area (Å²) in [5, 5.41) is 19.8. The van der Waals surface area contributed by atoms with Crippen LogP contribution in [-0.2, 0) is 14.3 Å². The molecule has 0 radical (unpaired) electrons. The molecular formula is C24H24FNO6. The van der Waals surface area contributed by atoms with Crippen molar-refractivity contribution >= 4 is 17.4 Å². The predicted molar refractivity (Wildman–Crippen MR) is 115 cm³/mol. The van der Waals surface area contributed by atoms with Crippen LogP contribution < -0.4 is 4.74 Å². The molecule has 0 saturated carbocycles. The first-order valence-corrected chi connectivity index (χ1v) is 10.0. The SMILES string of the molecule is C=CCOc1ccc(/C(O)=C2\C(=O)C(=O)N(CCOCCO)C2c2ccc(F)cc2)cc1. The van der Waals surface area contributed by atoms with E-state index in [-0.39, 0.29) is 37.7 Å². The van der Waals surface area contributed by atoms with Gasteiger partial charge in [-0.2, -0.15) is 0 Å². The zero-order chi connectivity index (χ0) is 23.1. The molecule has 7 nitrogen and oxygen atoms in total. The Kier molecular flexibility index (Phi) is 7.75. The van der Waals surface area contributed by atoms with Crippen LogP contribution in [0.5, 0.6) is 5.75 Å². The van der Waals surface area contributed by atoms with E-state index >= 15 is 0 Å². The highest BCUT2D eigenvalue weighted by atomic mass is 19.1. The van der Waals surface area contributed by atoms with Gasteiger partial charge in [0.05, 0.1) is 31.4 Å². The predicted octanol–water partition coefficient (Wildman–Crippen LogP) is 2.82. The van der Waals surface area contributed by atoms with Crippen molar-refractivity contribution in [3.05, 3.63) is 83.7 Å². The lowest BCUT2D eigenvalue weighted by Crippen LogP contribution is -2.33. The third-order valence-electron chi connectivity index (χ3n) is 4.93. The molecule has 1 amide bonds. The first-order valence-electron chi connectivity index (χ1n) is 10.0. The van der Waals surface area contributed by atoms with Crippen LogP contribution in [0.15, 0.2) is 66.8 Å². The number of aliphatic hydroxyl groups excluding tert-OH is 2. The number of ether oxygens (including phenoxy) is 2. The lowest BCUT2D eigenvalue weighted by molar-refractivity contribution is -0.140. The molecule has 0 aliphatic carbocycles. The van der Waals surface area contributed by atoms with E-state index in [1.807, 2.05) is 0 Å². The highest BCUT2D eigenvalue weighted by Crippen LogP contribution is 2.39. The van der Waals surface area contributed by atoms with Gasteiger partial charge >= 0.3 is 0 Å². The second kappa shape index (κ2) is 10.7. The number of carbonyl (C=O) groups is 2. The van der Waals surface area contributed by atoms with Crippen LogP contribution in [0.3, 0.4) is 0 Å². The van der Waals surface area contributed by atoms with Crippen molar-refractivity contribution in [2.24, 2.45) is 0 Å². The molecule has 1 aliphatic rings. The smallest absolute Gasteiger partial charge is 0.295 e. The first-order chi connectivity index (χ1) is 15.5. The van der Waals surface area contributed by atoms with Gasteiger partial charge in [0.2, 0.25) is 0 Å². The quantitative estimate of drug-likeness (QED) is 0.194. The minimum Gasteiger partial charge on any atom is -0.507 e. The third-order valence-corrected chi connectivity index (χ3v) is 4.93. The fourth-order valence-corrected chi connectivity index (χ4v) is 3.45. The van der Waals surface area contributed by atoms with Gasteiger partial charge in [-0.1, -0.05) is 24.8 Å². The molecule has 2 N–H and O–H groups in total. The molecule has 32 heavy (non-hydrogen) atoms. The molecule has 1 aliphatic heterocycles. The van der Waals surface area contributed by atoms with E-state index in [0.29, 0.717) is 23.5 Å². The van der Waals surface area contributed by atoms with Crippen molar-refractivity contribution < 1.29 is 33.7 Å². The molecule has 0 bridgehead atoms. The van der Waals surface area contributed by atoms with Crippen molar-refractivity contribution in [2.45, 2.75) is 6.04 Å². The van der Waals surface area contributed by atoms with Crippen LogP contribution in [-0.4, -0.2) is 59.8 Å². The average molecular weight is 441 g/mol. The summed E-state index contributed by atoms with van der Waals surface area (Å²) in [7, 11) is 0. The summed E-state index contributed by atoms with van der Waals surface area (Å²) in [6.07, 6.45) is 1.60. The minimum atomic E-state index is -0.912. The van der Waals surface area contributed by atoms with Crippen LogP contribution in [0, 0.1) is 5.82 Å². The Morgan fingerprint density at radius 1 is 1.09 bits per heavy atom. The summed E-state index contributed by atoms with van der Waals surface area (Å²) in [4.78, 5) is 26.9. The summed E-state index contributed by atoms with van der Waals surface area (Å²) < 4.78 is 24.2. The minimum absolute atomic E-state index is 0.0533. The second-order valence-electron chi connectivity index (χ2n) is 7.00. The van der Waals surface area contributed by atoms with Gasteiger partial charge in [0.25, 0.3) is 11.7 Å². The summed E-state index contributed by atoms with van der Waals surface area (Å²) in [5.74, 6) is -1.89. The molecule has 2 aromatic carbocycles. The van der Waals surface area contributed by atoms with Crippen molar-refractivity contribution in [1.82, 2.24) is 4.90 Å². The maximum atomic E-state index is 13.5. The van der Waals surface area contributed by atoms with E-state index in [2.05, 4.69) is 6.58 Å². The number of hydrogen-bond donors (Lipinski definition) is 2. The fraction of sp³-hybridized carbons (Fsp3) is 0.250. The van der Waals surface area contributed by atoms with Gasteiger partial charge in [-0.25, -0.2) is 4.39 Å². The molecule has 0 spiro atoms. The van der Waals surface area contributed by atoms with Gasteiger partial charge in [0.1, 0.15) is 23.9 Å². The number of likely N-dealkylation sites (tertiary alicyclic amines) is 1. The molecule has 1 atom stereocenters. The molecule has 1 heterocycles. The first kappa shape index (κ1) is 23.2. The molecule has 2 aromatic rings. The molecule has 168 valence electrons. The van der Waals surface area contributed by atoms with Gasteiger partial charge < -0.3 is 24.6 Å². The van der Waals surface area contributed by atoms with E-state index in [0.717, 1.165) is 0 Å². The van der Waals surface area contributed by atoms with Crippen LogP contribution in [0.1, 0.15) is 17.2 Å². The molecule has 0 aromatic heterocycles. The molecule has 1 unspecified atom stereocenters. The van der Waals surface area contributed by atoms with Gasteiger partial charge in [0, 0.05) is 12.1 Å². The second-order valence-corrected chi connectivity index (χ2v) is 7.00. The average Bonchev–Trinajstić information content (AvgIpc) is 3.06. The Hall–Kier alpha value is -3.49. The summed E-state index contributed by atoms with van der Waals surface area (Å²) in [6.45, 7) is 3.95. The maximum absolute atomic E-state index is 13.5. The maximum Gasteiger partial charge on any atom is 0.295 e. The lowest BCUT2D eigenvalue weighted by Gasteiger charge is -2.25. The highest BCUT2D eigenvalue weighted by molar-refractivity contribution is 6.46. The van der Waals surface area contributed by atoms with E-state index in [9.17, 15) is 19.1 Å². The largest absolute Gasteiger partial charge is 0.507 e. The van der Waals surface area contributed by atoms with E-state index in [4.69, 9.17) is 14.6 Å². The Morgan fingerprint density at radius 2 is 1.78 bits per heavy atom. The number of aliphatic hydroxyl groups is 2. The van der Waals surface area contributed by atoms with Crippen molar-refractivity contribution in [2.75, 3.05) is 33.0 Å². The van der Waals surface area contributed by atoms with Gasteiger partial charge in [0.15, 0.2) is 0 Å². The van der Waals surface area contributed by atoms with Gasteiger partial charge in [-0.15, -0.1) is 0 Å². The number of nitrogens with zero attached hydrogens (tertiary/aromatic N) is 1. The number of halogens is 1. The zero-order valence-electron chi connectivity index (χ0n) is 17.4. The Balaban J connectivity index is 2.00. The monoisotopic (exact) mass is 441 g/mol. The standard InChI is InChI=1S/C24H24FNO6/c1-2-13-32-19-9-5-17(6-10-19)22(28)20-21(16-3-7-18(25)8-4-16)26(24(30)23(20)29)11-14-31-15-12-27/h2-10,21,27-28H,1,11-15H2/b22-20+. The number of hydrogen-bond acceptors (Lipinski definition) is 6. The van der Waals surface area contributed by atoms with E-state index in [1.165, 1.54) is 29.2 Å². The summed E-state index contributed by atoms with van der Waals surface area (Å²) >= 11 is 0. The van der Waals surface area contributed by atoms with Gasteiger partial charge in [-0.05, 0) is 42.0 Å². The number of rotatable bonds is 10. The molecule has 1 saturated heterocycles. The summed E-state index contributed by atoms with van der Waals surface area (Å²) in [5.41, 5.74) is 0.710. The topological polar surface area (TPSA) is 96.3 Å². The number of benzene rings is 2. The number of Topliss-reactive ketones (excluding diaryl/α,β-unsaturated/α-hetero) is 1. The molecule has 1 fully saturated rings. The molecular weight excluding hydrogens is 417 g/mol. The summed E-state index contributed by atoms with van der Waals surface area (Å²) in [6, 6.07) is 10.9. The van der Waals surface area contributed by atoms with E-state index in [1.54, 1.807) is 30.3 Å². The zero-order valence-corrected chi connectivity index (χ0v) is 17.4. The van der Waals surface area contributed by atoms with Crippen molar-refractivity contribution in [1.29, 1.82) is 0 Å². The lowest BCUT2D eigenvalue weighted by atomic mass is 9.95. The normalized spacial score (nSPS) is 17.6. The molecule has 3 rings (SSSR count). The highest BCUT2D eigenvalue weighted by Gasteiger charge is 2.45. The molecule has 8 heteroatoms. The Bertz CT molecular complexity index is 1000. The number of carbonyl (C=O) groups excluding carboxylic acids is 2. The third kappa shape index (κ3) is 5.04. The number of amides is 1. The van der Waals surface area contributed by atoms with Crippen molar-refractivity contribution in [3.63, 3.8) is 0 Å². The van der Waals surface area contributed by atoms with E-state index < -0.39 is 23.5 Å². The van der Waals surface area contributed by atoms with Crippen LogP contribution in [0.2, 0.25) is 0 Å². The Labute approximate surface area is 185 Å². The van der Waals surface area contributed by atoms with Gasteiger partial charge in [-0.3, -0.25) is 9.59 Å². The van der Waals surface area contributed by atoms with Crippen LogP contribution in [0.25, 0.3) is 5.76 Å². The number of ketones is 1. The fourth-order valence-electron chi connectivity index (χ4n) is 3.45. The van der Waals surface area contributed by atoms with Crippen LogP contribution in [0.4, 0.5) is 4.39 Å². The van der Waals surface area contributed by atoms with Crippen molar-refractivity contribution in [3.8, 4) is 5.75 Å². The Morgan fingerprint density at radius 3 is 2.41 bits per heavy atom.